The molecule has 0 saturated carbocycles. The first kappa shape index (κ1) is 15.9. The summed E-state index contributed by atoms with van der Waals surface area (Å²) in [6, 6.07) is 8.32. The van der Waals surface area contributed by atoms with Crippen molar-refractivity contribution in [3.8, 4) is 0 Å². The molecule has 0 bridgehead atoms. The third kappa shape index (κ3) is 6.72. The standard InChI is InChI=1S/C13H18N2O5/c14-11(12(16)17)7-4-8-20-15-13(18)19-9-10-5-2-1-3-6-10/h1-3,5-6,11H,4,7-9,14H2,(H,15,18)(H,16,17)/t11-/m0/s1. The second-order valence-electron chi connectivity index (χ2n) is 4.10. The topological polar surface area (TPSA) is 111 Å². The maximum Gasteiger partial charge on any atom is 0.431 e. The van der Waals surface area contributed by atoms with E-state index in [9.17, 15) is 9.59 Å². The molecule has 0 fully saturated rings. The molecule has 7 heteroatoms. The number of hydrogen-bond acceptors (Lipinski definition) is 5. The van der Waals surface area contributed by atoms with Gasteiger partial charge in [0.1, 0.15) is 12.6 Å². The Kier molecular flexibility index (Phi) is 7.08. The highest BCUT2D eigenvalue weighted by atomic mass is 16.7. The van der Waals surface area contributed by atoms with E-state index < -0.39 is 18.1 Å². The Balaban J connectivity index is 2.05. The van der Waals surface area contributed by atoms with E-state index in [1.54, 1.807) is 0 Å². The molecule has 0 saturated heterocycles. The summed E-state index contributed by atoms with van der Waals surface area (Å²) < 4.78 is 4.90. The molecule has 1 aromatic rings. The fourth-order valence-corrected chi connectivity index (χ4v) is 1.36. The number of ether oxygens (including phenoxy) is 1. The molecule has 20 heavy (non-hydrogen) atoms. The van der Waals surface area contributed by atoms with Crippen LogP contribution in [0.5, 0.6) is 0 Å². The van der Waals surface area contributed by atoms with Gasteiger partial charge in [-0.25, -0.2) is 4.79 Å². The molecular formula is C13H18N2O5. The summed E-state index contributed by atoms with van der Waals surface area (Å²) in [5, 5.41) is 8.55. The lowest BCUT2D eigenvalue weighted by Crippen LogP contribution is -2.31. The van der Waals surface area contributed by atoms with Gasteiger partial charge in [-0.3, -0.25) is 9.63 Å². The molecule has 0 heterocycles. The van der Waals surface area contributed by atoms with Gasteiger partial charge in [-0.2, -0.15) is 5.48 Å². The van der Waals surface area contributed by atoms with Crippen LogP contribution in [-0.4, -0.2) is 29.8 Å². The zero-order chi connectivity index (χ0) is 14.8. The van der Waals surface area contributed by atoms with Crippen LogP contribution in [0.2, 0.25) is 0 Å². The smallest absolute Gasteiger partial charge is 0.431 e. The van der Waals surface area contributed by atoms with Gasteiger partial charge in [0.05, 0.1) is 6.61 Å². The Morgan fingerprint density at radius 1 is 1.30 bits per heavy atom. The fraction of sp³-hybridized carbons (Fsp3) is 0.385. The van der Waals surface area contributed by atoms with Gasteiger partial charge < -0.3 is 15.6 Å². The third-order valence-electron chi connectivity index (χ3n) is 2.45. The van der Waals surface area contributed by atoms with E-state index in [2.05, 4.69) is 5.48 Å². The molecule has 0 radical (unpaired) electrons. The number of carbonyl (C=O) groups is 2. The number of carboxylic acids is 1. The van der Waals surface area contributed by atoms with E-state index in [0.717, 1.165) is 5.56 Å². The molecule has 1 rings (SSSR count). The Bertz CT molecular complexity index is 424. The van der Waals surface area contributed by atoms with Crippen molar-refractivity contribution in [2.24, 2.45) is 5.73 Å². The van der Waals surface area contributed by atoms with E-state index in [1.807, 2.05) is 30.3 Å². The lowest BCUT2D eigenvalue weighted by atomic mass is 10.2. The van der Waals surface area contributed by atoms with Crippen molar-refractivity contribution < 1.29 is 24.3 Å². The molecule has 1 amide bonds. The van der Waals surface area contributed by atoms with Crippen molar-refractivity contribution in [3.05, 3.63) is 35.9 Å². The van der Waals surface area contributed by atoms with Gasteiger partial charge >= 0.3 is 12.1 Å². The summed E-state index contributed by atoms with van der Waals surface area (Å²) >= 11 is 0. The van der Waals surface area contributed by atoms with E-state index in [4.69, 9.17) is 20.4 Å². The normalized spacial score (nSPS) is 11.7. The number of carboxylic acid groups (broad SMARTS) is 1. The Hall–Kier alpha value is -2.12. The van der Waals surface area contributed by atoms with E-state index in [-0.39, 0.29) is 19.6 Å². The van der Waals surface area contributed by atoms with Crippen LogP contribution < -0.4 is 11.2 Å². The summed E-state index contributed by atoms with van der Waals surface area (Å²) in [4.78, 5) is 26.5. The first-order valence-corrected chi connectivity index (χ1v) is 6.16. The van der Waals surface area contributed by atoms with Gasteiger partial charge in [0.25, 0.3) is 0 Å². The highest BCUT2D eigenvalue weighted by Gasteiger charge is 2.10. The molecule has 7 nitrogen and oxygen atoms in total. The maximum atomic E-state index is 11.2. The maximum absolute atomic E-state index is 11.2. The highest BCUT2D eigenvalue weighted by Crippen LogP contribution is 2.00. The molecule has 0 unspecified atom stereocenters. The van der Waals surface area contributed by atoms with E-state index >= 15 is 0 Å². The Morgan fingerprint density at radius 3 is 2.65 bits per heavy atom. The van der Waals surface area contributed by atoms with Gasteiger partial charge in [0.2, 0.25) is 0 Å². The summed E-state index contributed by atoms with van der Waals surface area (Å²) in [6.45, 7) is 0.321. The SMILES string of the molecule is N[C@@H](CCCONC(=O)OCc1ccccc1)C(=O)O. The van der Waals surface area contributed by atoms with Gasteiger partial charge in [-0.15, -0.1) is 0 Å². The van der Waals surface area contributed by atoms with Gasteiger partial charge in [-0.1, -0.05) is 30.3 Å². The predicted octanol–water partition coefficient (Wildman–Crippen LogP) is 1.04. The summed E-state index contributed by atoms with van der Waals surface area (Å²) in [5.41, 5.74) is 8.28. The second-order valence-corrected chi connectivity index (χ2v) is 4.10. The van der Waals surface area contributed by atoms with Gasteiger partial charge in [-0.05, 0) is 18.4 Å². The lowest BCUT2D eigenvalue weighted by molar-refractivity contribution is -0.138. The van der Waals surface area contributed by atoms with E-state index in [0.29, 0.717) is 6.42 Å². The third-order valence-corrected chi connectivity index (χ3v) is 2.45. The van der Waals surface area contributed by atoms with Crippen molar-refractivity contribution in [2.75, 3.05) is 6.61 Å². The van der Waals surface area contributed by atoms with Crippen molar-refractivity contribution in [1.82, 2.24) is 5.48 Å². The molecule has 0 aliphatic carbocycles. The van der Waals surface area contributed by atoms with Crippen molar-refractivity contribution in [1.29, 1.82) is 0 Å². The summed E-state index contributed by atoms with van der Waals surface area (Å²) in [6.07, 6.45) is -0.000858. The van der Waals surface area contributed by atoms with Crippen LogP contribution in [0, 0.1) is 0 Å². The van der Waals surface area contributed by atoms with Crippen LogP contribution in [-0.2, 0) is 21.0 Å². The number of aliphatic carboxylic acids is 1. The molecular weight excluding hydrogens is 264 g/mol. The zero-order valence-corrected chi connectivity index (χ0v) is 11.0. The molecule has 110 valence electrons. The first-order chi connectivity index (χ1) is 9.59. The number of nitrogens with one attached hydrogen (secondary N) is 1. The summed E-state index contributed by atoms with van der Waals surface area (Å²) in [5.74, 6) is -1.06. The summed E-state index contributed by atoms with van der Waals surface area (Å²) in [7, 11) is 0. The van der Waals surface area contributed by atoms with Crippen LogP contribution in [0.1, 0.15) is 18.4 Å². The molecule has 1 aromatic carbocycles. The second kappa shape index (κ2) is 8.89. The predicted molar refractivity (Wildman–Crippen MR) is 70.6 cm³/mol. The van der Waals surface area contributed by atoms with Crippen LogP contribution in [0.3, 0.4) is 0 Å². The number of hydrogen-bond donors (Lipinski definition) is 3. The molecule has 0 aliphatic rings. The fourth-order valence-electron chi connectivity index (χ4n) is 1.36. The van der Waals surface area contributed by atoms with Crippen molar-refractivity contribution >= 4 is 12.1 Å². The minimum Gasteiger partial charge on any atom is -0.480 e. The molecule has 0 aromatic heterocycles. The average Bonchev–Trinajstić information content (AvgIpc) is 2.45. The van der Waals surface area contributed by atoms with Crippen LogP contribution in [0.15, 0.2) is 30.3 Å². The molecule has 1 atom stereocenters. The molecule has 0 aliphatic heterocycles. The monoisotopic (exact) mass is 282 g/mol. The number of carbonyl (C=O) groups excluding carboxylic acids is 1. The molecule has 4 N–H and O–H groups in total. The van der Waals surface area contributed by atoms with Gasteiger partial charge in [0, 0.05) is 0 Å². The largest absolute Gasteiger partial charge is 0.480 e. The van der Waals surface area contributed by atoms with Crippen LogP contribution in [0.4, 0.5) is 4.79 Å². The Morgan fingerprint density at radius 2 is 2.00 bits per heavy atom. The molecule has 0 spiro atoms. The van der Waals surface area contributed by atoms with E-state index in [1.165, 1.54) is 0 Å². The van der Waals surface area contributed by atoms with Crippen molar-refractivity contribution in [2.45, 2.75) is 25.5 Å². The van der Waals surface area contributed by atoms with Crippen LogP contribution in [0.25, 0.3) is 0 Å². The number of benzene rings is 1. The minimum atomic E-state index is -1.06. The number of nitrogens with two attached hydrogens (primary N) is 1. The number of amides is 1. The van der Waals surface area contributed by atoms with Gasteiger partial charge in [0.15, 0.2) is 0 Å². The number of rotatable bonds is 8. The van der Waals surface area contributed by atoms with Crippen molar-refractivity contribution in [3.63, 3.8) is 0 Å². The quantitative estimate of drug-likeness (QED) is 0.485. The number of hydroxylamine groups is 1. The minimum absolute atomic E-state index is 0.153. The van der Waals surface area contributed by atoms with Crippen LogP contribution >= 0.6 is 0 Å². The highest BCUT2D eigenvalue weighted by molar-refractivity contribution is 5.72. The Labute approximate surface area is 116 Å². The lowest BCUT2D eigenvalue weighted by Gasteiger charge is -2.08. The average molecular weight is 282 g/mol. The zero-order valence-electron chi connectivity index (χ0n) is 11.0. The first-order valence-electron chi connectivity index (χ1n) is 6.16.